The number of imidazole rings is 1. The van der Waals surface area contributed by atoms with E-state index in [1.165, 1.54) is 12.8 Å². The molecule has 0 amide bonds. The largest absolute Gasteiger partial charge is 0.337 e. The highest BCUT2D eigenvalue weighted by Gasteiger charge is 2.33. The second-order valence-electron chi connectivity index (χ2n) is 5.72. The average Bonchev–Trinajstić information content (AvgIpc) is 2.76. The summed E-state index contributed by atoms with van der Waals surface area (Å²) in [6.45, 7) is 10.0. The minimum absolute atomic E-state index is 0.247. The van der Waals surface area contributed by atoms with Crippen LogP contribution in [0, 0.1) is 0 Å². The normalized spacial score (nSPS) is 29.7. The Hall–Kier alpha value is -0.870. The van der Waals surface area contributed by atoms with Crippen molar-refractivity contribution in [3.63, 3.8) is 0 Å². The fourth-order valence-corrected chi connectivity index (χ4v) is 2.68. The van der Waals surface area contributed by atoms with Crippen molar-refractivity contribution in [2.75, 3.05) is 13.1 Å². The highest BCUT2D eigenvalue weighted by atomic mass is 15.3. The third kappa shape index (κ3) is 2.75. The van der Waals surface area contributed by atoms with Crippen LogP contribution in [-0.4, -0.2) is 39.1 Å². The summed E-state index contributed by atoms with van der Waals surface area (Å²) in [5, 5.41) is 3.70. The number of aromatic nitrogens is 2. The lowest BCUT2D eigenvalue weighted by Gasteiger charge is -2.45. The molecule has 2 heterocycles. The number of hydrogen-bond acceptors (Lipinski definition) is 3. The molecule has 0 aromatic carbocycles. The Morgan fingerprint density at radius 1 is 1.50 bits per heavy atom. The summed E-state index contributed by atoms with van der Waals surface area (Å²) in [5.74, 6) is 1.16. The van der Waals surface area contributed by atoms with Crippen molar-refractivity contribution in [2.45, 2.75) is 51.7 Å². The van der Waals surface area contributed by atoms with E-state index in [4.69, 9.17) is 0 Å². The highest BCUT2D eigenvalue weighted by Crippen LogP contribution is 2.21. The Bertz CT molecular complexity index is 387. The molecule has 4 heteroatoms. The van der Waals surface area contributed by atoms with E-state index < -0.39 is 0 Å². The summed E-state index contributed by atoms with van der Waals surface area (Å²) >= 11 is 0. The van der Waals surface area contributed by atoms with Gasteiger partial charge in [-0.1, -0.05) is 13.8 Å². The van der Waals surface area contributed by atoms with E-state index in [1.807, 2.05) is 12.4 Å². The number of piperazine rings is 1. The Balaban J connectivity index is 2.09. The monoisotopic (exact) mass is 250 g/mol. The zero-order valence-electron chi connectivity index (χ0n) is 12.1. The first kappa shape index (κ1) is 13.6. The van der Waals surface area contributed by atoms with Crippen LogP contribution in [0.1, 0.15) is 39.4 Å². The van der Waals surface area contributed by atoms with Gasteiger partial charge in [0, 0.05) is 44.1 Å². The smallest absolute Gasteiger partial charge is 0.122 e. The molecular weight excluding hydrogens is 224 g/mol. The molecule has 0 aliphatic carbocycles. The first-order chi connectivity index (χ1) is 8.58. The third-order valence-electron chi connectivity index (χ3n) is 4.35. The van der Waals surface area contributed by atoms with E-state index in [1.54, 1.807) is 0 Å². The van der Waals surface area contributed by atoms with Crippen molar-refractivity contribution in [3.05, 3.63) is 18.2 Å². The van der Waals surface area contributed by atoms with Gasteiger partial charge in [0.05, 0.1) is 6.54 Å². The number of hydrogen-bond donors (Lipinski definition) is 1. The van der Waals surface area contributed by atoms with Gasteiger partial charge in [-0.2, -0.15) is 0 Å². The predicted molar refractivity (Wildman–Crippen MR) is 74.4 cm³/mol. The van der Waals surface area contributed by atoms with E-state index in [9.17, 15) is 0 Å². The molecule has 2 atom stereocenters. The molecule has 4 nitrogen and oxygen atoms in total. The topological polar surface area (TPSA) is 33.1 Å². The molecule has 2 rings (SSSR count). The van der Waals surface area contributed by atoms with Gasteiger partial charge in [0.1, 0.15) is 5.82 Å². The lowest BCUT2D eigenvalue weighted by molar-refractivity contribution is 0.0725. The number of nitrogens with one attached hydrogen (secondary N) is 1. The van der Waals surface area contributed by atoms with Crippen LogP contribution >= 0.6 is 0 Å². The van der Waals surface area contributed by atoms with E-state index in [-0.39, 0.29) is 5.54 Å². The third-order valence-corrected chi connectivity index (χ3v) is 4.35. The van der Waals surface area contributed by atoms with Crippen LogP contribution in [0.4, 0.5) is 0 Å². The van der Waals surface area contributed by atoms with Crippen LogP contribution < -0.4 is 5.32 Å². The highest BCUT2D eigenvalue weighted by molar-refractivity contribution is 4.98. The average molecular weight is 250 g/mol. The molecule has 1 saturated heterocycles. The van der Waals surface area contributed by atoms with Crippen molar-refractivity contribution in [1.82, 2.24) is 19.8 Å². The van der Waals surface area contributed by atoms with Crippen LogP contribution in [0.25, 0.3) is 0 Å². The zero-order valence-corrected chi connectivity index (χ0v) is 12.1. The first-order valence-corrected chi connectivity index (χ1v) is 7.03. The first-order valence-electron chi connectivity index (χ1n) is 7.03. The van der Waals surface area contributed by atoms with Gasteiger partial charge in [0.2, 0.25) is 0 Å². The molecule has 1 fully saturated rings. The lowest BCUT2D eigenvalue weighted by Crippen LogP contribution is -2.62. The summed E-state index contributed by atoms with van der Waals surface area (Å²) in [6, 6.07) is 0.626. The van der Waals surface area contributed by atoms with Gasteiger partial charge < -0.3 is 9.88 Å². The van der Waals surface area contributed by atoms with Crippen molar-refractivity contribution < 1.29 is 0 Å². The number of rotatable bonds is 4. The summed E-state index contributed by atoms with van der Waals surface area (Å²) < 4.78 is 2.12. The molecule has 0 saturated carbocycles. The standard InChI is InChI=1S/C14H26N4/c1-5-12-9-16-14(3,6-2)11-18(12)10-13-15-7-8-17(13)4/h7-8,12,16H,5-6,9-11H2,1-4H3. The molecule has 0 radical (unpaired) electrons. The molecule has 0 spiro atoms. The predicted octanol–water partition coefficient (Wildman–Crippen LogP) is 1.77. The summed E-state index contributed by atoms with van der Waals surface area (Å²) in [5.41, 5.74) is 0.247. The Labute approximate surface area is 110 Å². The van der Waals surface area contributed by atoms with Crippen molar-refractivity contribution >= 4 is 0 Å². The van der Waals surface area contributed by atoms with Crippen LogP contribution in [0.15, 0.2) is 12.4 Å². The Morgan fingerprint density at radius 3 is 2.83 bits per heavy atom. The van der Waals surface area contributed by atoms with Crippen molar-refractivity contribution in [3.8, 4) is 0 Å². The fourth-order valence-electron chi connectivity index (χ4n) is 2.68. The zero-order chi connectivity index (χ0) is 13.2. The summed E-state index contributed by atoms with van der Waals surface area (Å²) in [6.07, 6.45) is 6.27. The fraction of sp³-hybridized carbons (Fsp3) is 0.786. The van der Waals surface area contributed by atoms with Crippen LogP contribution in [0.2, 0.25) is 0 Å². The molecule has 1 aromatic rings. The van der Waals surface area contributed by atoms with Crippen LogP contribution in [0.5, 0.6) is 0 Å². The van der Waals surface area contributed by atoms with Gasteiger partial charge in [-0.25, -0.2) is 4.98 Å². The minimum atomic E-state index is 0.247. The molecular formula is C14H26N4. The molecule has 1 aromatic heterocycles. The van der Waals surface area contributed by atoms with Crippen molar-refractivity contribution in [1.29, 1.82) is 0 Å². The lowest BCUT2D eigenvalue weighted by atomic mass is 9.93. The molecule has 18 heavy (non-hydrogen) atoms. The minimum Gasteiger partial charge on any atom is -0.337 e. The van der Waals surface area contributed by atoms with Gasteiger partial charge in [-0.15, -0.1) is 0 Å². The number of aryl methyl sites for hydroxylation is 1. The van der Waals surface area contributed by atoms with Gasteiger partial charge in [0.15, 0.2) is 0 Å². The van der Waals surface area contributed by atoms with Crippen molar-refractivity contribution in [2.24, 2.45) is 7.05 Å². The molecule has 1 aliphatic heterocycles. The second-order valence-corrected chi connectivity index (χ2v) is 5.72. The van der Waals surface area contributed by atoms with E-state index in [2.05, 4.69) is 47.6 Å². The SMILES string of the molecule is CCC1CNC(C)(CC)CN1Cc1nccn1C. The van der Waals surface area contributed by atoms with Gasteiger partial charge in [-0.3, -0.25) is 4.90 Å². The maximum absolute atomic E-state index is 4.45. The van der Waals surface area contributed by atoms with Crippen LogP contribution in [0.3, 0.4) is 0 Å². The maximum Gasteiger partial charge on any atom is 0.122 e. The quantitative estimate of drug-likeness (QED) is 0.884. The van der Waals surface area contributed by atoms with Gasteiger partial charge in [-0.05, 0) is 19.8 Å². The summed E-state index contributed by atoms with van der Waals surface area (Å²) in [4.78, 5) is 7.04. The molecule has 1 aliphatic rings. The van der Waals surface area contributed by atoms with E-state index in [0.717, 1.165) is 25.5 Å². The molecule has 0 bridgehead atoms. The summed E-state index contributed by atoms with van der Waals surface area (Å²) in [7, 11) is 2.07. The number of nitrogens with zero attached hydrogens (tertiary/aromatic N) is 3. The van der Waals surface area contributed by atoms with Gasteiger partial charge >= 0.3 is 0 Å². The molecule has 2 unspecified atom stereocenters. The molecule has 102 valence electrons. The van der Waals surface area contributed by atoms with Crippen LogP contribution in [-0.2, 0) is 13.6 Å². The van der Waals surface area contributed by atoms with Gasteiger partial charge in [0.25, 0.3) is 0 Å². The van der Waals surface area contributed by atoms with E-state index in [0.29, 0.717) is 6.04 Å². The second kappa shape index (κ2) is 5.41. The Morgan fingerprint density at radius 2 is 2.28 bits per heavy atom. The Kier molecular flexibility index (Phi) is 4.07. The van der Waals surface area contributed by atoms with E-state index >= 15 is 0 Å². The molecule has 1 N–H and O–H groups in total. The maximum atomic E-state index is 4.45.